The highest BCUT2D eigenvalue weighted by atomic mass is 35.5. The molecule has 1 heterocycles. The Bertz CT molecular complexity index is 659. The average molecular weight is 315 g/mol. The van der Waals surface area contributed by atoms with Crippen LogP contribution in [0, 0.1) is 5.82 Å². The predicted molar refractivity (Wildman–Crippen MR) is 73.0 cm³/mol. The molecular formula is C12H12ClFN4OS. The van der Waals surface area contributed by atoms with Crippen LogP contribution >= 0.6 is 11.6 Å². The summed E-state index contributed by atoms with van der Waals surface area (Å²) in [5.74, 6) is 0.764. The van der Waals surface area contributed by atoms with E-state index < -0.39 is 16.6 Å². The summed E-state index contributed by atoms with van der Waals surface area (Å²) in [6.07, 6.45) is 2.13. The summed E-state index contributed by atoms with van der Waals surface area (Å²) < 4.78 is 26.9. The van der Waals surface area contributed by atoms with Crippen LogP contribution in [-0.4, -0.2) is 24.4 Å². The summed E-state index contributed by atoms with van der Waals surface area (Å²) >= 11 is 5.93. The van der Waals surface area contributed by atoms with Gasteiger partial charge < -0.3 is 0 Å². The van der Waals surface area contributed by atoms with Crippen LogP contribution in [0.25, 0.3) is 0 Å². The molecule has 0 N–H and O–H groups in total. The van der Waals surface area contributed by atoms with Gasteiger partial charge in [-0.1, -0.05) is 17.7 Å². The third kappa shape index (κ3) is 3.04. The second kappa shape index (κ2) is 5.57. The molecule has 0 amide bonds. The number of aromatic nitrogens is 4. The highest BCUT2D eigenvalue weighted by molar-refractivity contribution is 7.83. The molecule has 2 aromatic rings. The zero-order valence-corrected chi connectivity index (χ0v) is 12.1. The van der Waals surface area contributed by atoms with Gasteiger partial charge in [0.05, 0.1) is 17.5 Å². The van der Waals surface area contributed by atoms with Gasteiger partial charge in [-0.3, -0.25) is 4.21 Å². The molecule has 1 fully saturated rings. The molecule has 0 saturated heterocycles. The molecule has 1 aliphatic carbocycles. The molecule has 0 unspecified atom stereocenters. The molecule has 3 rings (SSSR count). The summed E-state index contributed by atoms with van der Waals surface area (Å²) in [7, 11) is -1.19. The first kappa shape index (κ1) is 13.6. The minimum Gasteiger partial charge on any atom is -0.259 e. The van der Waals surface area contributed by atoms with Gasteiger partial charge in [-0.2, -0.15) is 0 Å². The van der Waals surface area contributed by atoms with Gasteiger partial charge in [-0.05, 0) is 41.0 Å². The van der Waals surface area contributed by atoms with Gasteiger partial charge >= 0.3 is 0 Å². The fourth-order valence-corrected chi connectivity index (χ4v) is 3.41. The van der Waals surface area contributed by atoms with Gasteiger partial charge in [-0.25, -0.2) is 9.07 Å². The summed E-state index contributed by atoms with van der Waals surface area (Å²) in [6.45, 7) is 0. The maximum absolute atomic E-state index is 12.9. The van der Waals surface area contributed by atoms with E-state index in [1.165, 1.54) is 12.1 Å². The highest BCUT2D eigenvalue weighted by Crippen LogP contribution is 2.34. The van der Waals surface area contributed by atoms with E-state index in [1.807, 2.05) is 0 Å². The minimum atomic E-state index is -1.19. The fraction of sp³-hybridized carbons (Fsp3) is 0.417. The molecule has 1 aromatic heterocycles. The molecule has 0 aliphatic heterocycles. The van der Waals surface area contributed by atoms with E-state index >= 15 is 0 Å². The van der Waals surface area contributed by atoms with Crippen molar-refractivity contribution >= 4 is 22.4 Å². The molecular weight excluding hydrogens is 303 g/mol. The number of rotatable bonds is 5. The number of hydrogen-bond acceptors (Lipinski definition) is 4. The van der Waals surface area contributed by atoms with Crippen molar-refractivity contribution in [1.82, 2.24) is 20.2 Å². The van der Waals surface area contributed by atoms with Crippen LogP contribution in [0.4, 0.5) is 4.39 Å². The lowest BCUT2D eigenvalue weighted by molar-refractivity contribution is 0.591. The Hall–Kier alpha value is -1.34. The van der Waals surface area contributed by atoms with Gasteiger partial charge in [0.2, 0.25) is 0 Å². The third-order valence-electron chi connectivity index (χ3n) is 3.08. The van der Waals surface area contributed by atoms with Gasteiger partial charge in [0, 0.05) is 15.8 Å². The molecule has 8 heteroatoms. The summed E-state index contributed by atoms with van der Waals surface area (Å²) in [6, 6.07) is 4.44. The molecule has 0 spiro atoms. The molecule has 5 nitrogen and oxygen atoms in total. The zero-order valence-electron chi connectivity index (χ0n) is 10.5. The summed E-state index contributed by atoms with van der Waals surface area (Å²) in [5, 5.41) is 11.7. The van der Waals surface area contributed by atoms with Crippen molar-refractivity contribution in [2.75, 3.05) is 0 Å². The number of halogens is 2. The second-order valence-corrected chi connectivity index (χ2v) is 6.60. The standard InChI is InChI=1S/C12H12ClFN4OS/c13-11-5-9(14)2-1-8(11)6-20(19)7-12-15-16-17-18(12)10-3-4-10/h1-2,5,10H,3-4,6-7H2/t20-/m1/s1. The van der Waals surface area contributed by atoms with E-state index in [0.717, 1.165) is 12.8 Å². The van der Waals surface area contributed by atoms with Crippen molar-refractivity contribution < 1.29 is 8.60 Å². The number of benzene rings is 1. The number of nitrogens with zero attached hydrogens (tertiary/aromatic N) is 4. The van der Waals surface area contributed by atoms with Crippen LogP contribution in [0.15, 0.2) is 18.2 Å². The SMILES string of the molecule is O=[S@](Cc1ccc(F)cc1Cl)Cc1nnnn1C1CC1. The van der Waals surface area contributed by atoms with Crippen LogP contribution in [0.3, 0.4) is 0 Å². The van der Waals surface area contributed by atoms with E-state index in [0.29, 0.717) is 22.5 Å². The molecule has 1 atom stereocenters. The zero-order chi connectivity index (χ0) is 14.1. The van der Waals surface area contributed by atoms with E-state index in [4.69, 9.17) is 11.6 Å². The van der Waals surface area contributed by atoms with Gasteiger partial charge in [-0.15, -0.1) is 5.10 Å². The van der Waals surface area contributed by atoms with Gasteiger partial charge in [0.25, 0.3) is 0 Å². The third-order valence-corrected chi connectivity index (χ3v) is 4.64. The Morgan fingerprint density at radius 3 is 2.90 bits per heavy atom. The van der Waals surface area contributed by atoms with Crippen molar-refractivity contribution in [3.05, 3.63) is 40.4 Å². The number of tetrazole rings is 1. The smallest absolute Gasteiger partial charge is 0.164 e. The van der Waals surface area contributed by atoms with Crippen LogP contribution in [-0.2, 0) is 22.3 Å². The first-order chi connectivity index (χ1) is 9.63. The van der Waals surface area contributed by atoms with Crippen molar-refractivity contribution in [3.63, 3.8) is 0 Å². The van der Waals surface area contributed by atoms with Crippen molar-refractivity contribution in [1.29, 1.82) is 0 Å². The highest BCUT2D eigenvalue weighted by Gasteiger charge is 2.28. The average Bonchev–Trinajstić information content (AvgIpc) is 3.14. The quantitative estimate of drug-likeness (QED) is 0.849. The lowest BCUT2D eigenvalue weighted by atomic mass is 10.2. The summed E-state index contributed by atoms with van der Waals surface area (Å²) in [5.41, 5.74) is 0.664. The van der Waals surface area contributed by atoms with Gasteiger partial charge in [0.1, 0.15) is 5.82 Å². The van der Waals surface area contributed by atoms with Crippen molar-refractivity contribution in [2.24, 2.45) is 0 Å². The Kier molecular flexibility index (Phi) is 3.80. The van der Waals surface area contributed by atoms with Crippen LogP contribution in [0.1, 0.15) is 30.3 Å². The Morgan fingerprint density at radius 1 is 1.40 bits per heavy atom. The lowest BCUT2D eigenvalue weighted by Crippen LogP contribution is -2.08. The summed E-state index contributed by atoms with van der Waals surface area (Å²) in [4.78, 5) is 0. The predicted octanol–water partition coefficient (Wildman–Crippen LogP) is 2.25. The fourth-order valence-electron chi connectivity index (χ4n) is 1.92. The molecule has 1 aliphatic rings. The normalized spacial score (nSPS) is 16.3. The van der Waals surface area contributed by atoms with Crippen molar-refractivity contribution in [2.45, 2.75) is 30.4 Å². The Labute approximate surface area is 122 Å². The minimum absolute atomic E-state index is 0.261. The Morgan fingerprint density at radius 2 is 2.20 bits per heavy atom. The van der Waals surface area contributed by atoms with Gasteiger partial charge in [0.15, 0.2) is 5.82 Å². The largest absolute Gasteiger partial charge is 0.259 e. The van der Waals surface area contributed by atoms with E-state index in [-0.39, 0.29) is 11.5 Å². The lowest BCUT2D eigenvalue weighted by Gasteiger charge is -2.05. The first-order valence-corrected chi connectivity index (χ1v) is 8.06. The maximum Gasteiger partial charge on any atom is 0.164 e. The van der Waals surface area contributed by atoms with Crippen LogP contribution in [0.2, 0.25) is 5.02 Å². The number of hydrogen-bond donors (Lipinski definition) is 0. The molecule has 20 heavy (non-hydrogen) atoms. The van der Waals surface area contributed by atoms with E-state index in [1.54, 1.807) is 10.7 Å². The van der Waals surface area contributed by atoms with E-state index in [2.05, 4.69) is 15.5 Å². The van der Waals surface area contributed by atoms with E-state index in [9.17, 15) is 8.60 Å². The Balaban J connectivity index is 1.68. The second-order valence-electron chi connectivity index (χ2n) is 4.74. The van der Waals surface area contributed by atoms with Crippen molar-refractivity contribution in [3.8, 4) is 0 Å². The van der Waals surface area contributed by atoms with Crippen LogP contribution < -0.4 is 0 Å². The molecule has 0 bridgehead atoms. The molecule has 0 radical (unpaired) electrons. The monoisotopic (exact) mass is 314 g/mol. The topological polar surface area (TPSA) is 60.7 Å². The first-order valence-electron chi connectivity index (χ1n) is 6.19. The molecule has 1 aromatic carbocycles. The maximum atomic E-state index is 12.9. The molecule has 106 valence electrons. The van der Waals surface area contributed by atoms with Crippen LogP contribution in [0.5, 0.6) is 0 Å². The molecule has 1 saturated carbocycles.